The fraction of sp³-hybridized carbons (Fsp3) is 0.143. The SMILES string of the molecule is Cc1cccc(CNC(=O)Nc2cc(Br)ccn2)c1. The first-order valence-electron chi connectivity index (χ1n) is 5.85. The Morgan fingerprint density at radius 3 is 2.89 bits per heavy atom. The van der Waals surface area contributed by atoms with Crippen LogP contribution in [0.3, 0.4) is 0 Å². The van der Waals surface area contributed by atoms with E-state index in [-0.39, 0.29) is 6.03 Å². The van der Waals surface area contributed by atoms with E-state index in [9.17, 15) is 4.79 Å². The summed E-state index contributed by atoms with van der Waals surface area (Å²) in [6.07, 6.45) is 1.63. The third kappa shape index (κ3) is 4.37. The fourth-order valence-electron chi connectivity index (χ4n) is 1.64. The topological polar surface area (TPSA) is 54.0 Å². The molecular formula is C14H14BrN3O. The van der Waals surface area contributed by atoms with E-state index in [1.807, 2.05) is 31.2 Å². The summed E-state index contributed by atoms with van der Waals surface area (Å²) in [6, 6.07) is 11.3. The Morgan fingerprint density at radius 1 is 1.32 bits per heavy atom. The third-order valence-electron chi connectivity index (χ3n) is 2.50. The predicted molar refractivity (Wildman–Crippen MR) is 79.0 cm³/mol. The highest BCUT2D eigenvalue weighted by molar-refractivity contribution is 9.10. The molecule has 0 bridgehead atoms. The number of carbonyl (C=O) groups is 1. The monoisotopic (exact) mass is 319 g/mol. The molecular weight excluding hydrogens is 306 g/mol. The number of anilines is 1. The minimum absolute atomic E-state index is 0.271. The molecule has 1 heterocycles. The van der Waals surface area contributed by atoms with E-state index in [4.69, 9.17) is 0 Å². The van der Waals surface area contributed by atoms with Crippen LogP contribution in [0.4, 0.5) is 10.6 Å². The molecule has 5 heteroatoms. The predicted octanol–water partition coefficient (Wildman–Crippen LogP) is 3.47. The van der Waals surface area contributed by atoms with Crippen molar-refractivity contribution in [2.75, 3.05) is 5.32 Å². The van der Waals surface area contributed by atoms with Crippen molar-refractivity contribution in [3.63, 3.8) is 0 Å². The van der Waals surface area contributed by atoms with Crippen LogP contribution in [0.25, 0.3) is 0 Å². The molecule has 0 fully saturated rings. The number of halogens is 1. The molecule has 2 amide bonds. The maximum Gasteiger partial charge on any atom is 0.320 e. The number of carbonyl (C=O) groups excluding carboxylic acids is 1. The van der Waals surface area contributed by atoms with Gasteiger partial charge in [0, 0.05) is 17.2 Å². The lowest BCUT2D eigenvalue weighted by Gasteiger charge is -2.07. The zero-order valence-corrected chi connectivity index (χ0v) is 12.1. The van der Waals surface area contributed by atoms with E-state index in [0.717, 1.165) is 10.0 Å². The van der Waals surface area contributed by atoms with Crippen LogP contribution in [0.15, 0.2) is 47.1 Å². The lowest BCUT2D eigenvalue weighted by Crippen LogP contribution is -2.28. The van der Waals surface area contributed by atoms with Gasteiger partial charge in [0.15, 0.2) is 0 Å². The van der Waals surface area contributed by atoms with Gasteiger partial charge in [-0.2, -0.15) is 0 Å². The second-order valence-corrected chi connectivity index (χ2v) is 5.07. The highest BCUT2D eigenvalue weighted by Crippen LogP contribution is 2.12. The highest BCUT2D eigenvalue weighted by Gasteiger charge is 2.03. The minimum atomic E-state index is -0.271. The Hall–Kier alpha value is -1.88. The summed E-state index contributed by atoms with van der Waals surface area (Å²) in [6.45, 7) is 2.51. The van der Waals surface area contributed by atoms with Crippen molar-refractivity contribution in [2.24, 2.45) is 0 Å². The van der Waals surface area contributed by atoms with Gasteiger partial charge in [-0.1, -0.05) is 45.8 Å². The number of aromatic nitrogens is 1. The van der Waals surface area contributed by atoms with Crippen molar-refractivity contribution in [2.45, 2.75) is 13.5 Å². The second kappa shape index (κ2) is 6.33. The number of hydrogen-bond donors (Lipinski definition) is 2. The number of rotatable bonds is 3. The van der Waals surface area contributed by atoms with Crippen LogP contribution in [0.2, 0.25) is 0 Å². The number of benzene rings is 1. The zero-order chi connectivity index (χ0) is 13.7. The van der Waals surface area contributed by atoms with Gasteiger partial charge in [0.1, 0.15) is 5.82 Å². The molecule has 2 rings (SSSR count). The van der Waals surface area contributed by atoms with Gasteiger partial charge < -0.3 is 5.32 Å². The first kappa shape index (κ1) is 13.5. The summed E-state index contributed by atoms with van der Waals surface area (Å²) in [5, 5.41) is 5.47. The fourth-order valence-corrected chi connectivity index (χ4v) is 1.97. The summed E-state index contributed by atoms with van der Waals surface area (Å²) >= 11 is 3.32. The van der Waals surface area contributed by atoms with Crippen molar-refractivity contribution < 1.29 is 4.79 Å². The standard InChI is InChI=1S/C14H14BrN3O/c1-10-3-2-4-11(7-10)9-17-14(19)18-13-8-12(15)5-6-16-13/h2-8H,9H2,1H3,(H2,16,17,18,19). The molecule has 0 atom stereocenters. The van der Waals surface area contributed by atoms with Gasteiger partial charge in [0.05, 0.1) is 0 Å². The normalized spacial score (nSPS) is 10.0. The van der Waals surface area contributed by atoms with Gasteiger partial charge >= 0.3 is 6.03 Å². The smallest absolute Gasteiger partial charge is 0.320 e. The lowest BCUT2D eigenvalue weighted by molar-refractivity contribution is 0.251. The number of urea groups is 1. The lowest BCUT2D eigenvalue weighted by atomic mass is 10.1. The second-order valence-electron chi connectivity index (χ2n) is 4.16. The molecule has 0 aliphatic heterocycles. The van der Waals surface area contributed by atoms with E-state index in [1.54, 1.807) is 18.3 Å². The van der Waals surface area contributed by atoms with Crippen LogP contribution < -0.4 is 10.6 Å². The van der Waals surface area contributed by atoms with Crippen LogP contribution in [0.5, 0.6) is 0 Å². The molecule has 1 aromatic carbocycles. The summed E-state index contributed by atoms with van der Waals surface area (Å²) < 4.78 is 0.872. The summed E-state index contributed by atoms with van der Waals surface area (Å²) in [4.78, 5) is 15.8. The maximum atomic E-state index is 11.7. The molecule has 4 nitrogen and oxygen atoms in total. The summed E-state index contributed by atoms with van der Waals surface area (Å²) in [5.41, 5.74) is 2.24. The number of amides is 2. The average Bonchev–Trinajstić information content (AvgIpc) is 2.36. The first-order chi connectivity index (χ1) is 9.13. The maximum absolute atomic E-state index is 11.7. The van der Waals surface area contributed by atoms with Crippen LogP contribution in [-0.4, -0.2) is 11.0 Å². The summed E-state index contributed by atoms with van der Waals surface area (Å²) in [5.74, 6) is 0.510. The van der Waals surface area contributed by atoms with E-state index < -0.39 is 0 Å². The van der Waals surface area contributed by atoms with E-state index in [2.05, 4.69) is 31.5 Å². The number of nitrogens with zero attached hydrogens (tertiary/aromatic N) is 1. The Kier molecular flexibility index (Phi) is 4.52. The van der Waals surface area contributed by atoms with Crippen LogP contribution in [0.1, 0.15) is 11.1 Å². The third-order valence-corrected chi connectivity index (χ3v) is 2.99. The van der Waals surface area contributed by atoms with Crippen molar-refractivity contribution in [1.29, 1.82) is 0 Å². The highest BCUT2D eigenvalue weighted by atomic mass is 79.9. The molecule has 0 saturated carbocycles. The van der Waals surface area contributed by atoms with Crippen LogP contribution in [-0.2, 0) is 6.54 Å². The van der Waals surface area contributed by atoms with Crippen molar-refractivity contribution >= 4 is 27.8 Å². The molecule has 0 aliphatic carbocycles. The molecule has 0 radical (unpaired) electrons. The molecule has 0 unspecified atom stereocenters. The largest absolute Gasteiger partial charge is 0.334 e. The van der Waals surface area contributed by atoms with Gasteiger partial charge in [-0.25, -0.2) is 9.78 Å². The number of hydrogen-bond acceptors (Lipinski definition) is 2. The van der Waals surface area contributed by atoms with E-state index in [0.29, 0.717) is 12.4 Å². The average molecular weight is 320 g/mol. The Bertz CT molecular complexity index is 586. The molecule has 2 aromatic rings. The van der Waals surface area contributed by atoms with E-state index in [1.165, 1.54) is 5.56 Å². The quantitative estimate of drug-likeness (QED) is 0.910. The van der Waals surface area contributed by atoms with Crippen LogP contribution >= 0.6 is 15.9 Å². The van der Waals surface area contributed by atoms with Crippen molar-refractivity contribution in [1.82, 2.24) is 10.3 Å². The molecule has 19 heavy (non-hydrogen) atoms. The van der Waals surface area contributed by atoms with Crippen LogP contribution in [0, 0.1) is 6.92 Å². The minimum Gasteiger partial charge on any atom is -0.334 e. The zero-order valence-electron chi connectivity index (χ0n) is 10.5. The van der Waals surface area contributed by atoms with Gasteiger partial charge in [0.25, 0.3) is 0 Å². The molecule has 0 aliphatic rings. The Labute approximate surface area is 120 Å². The molecule has 2 N–H and O–H groups in total. The molecule has 98 valence electrons. The van der Waals surface area contributed by atoms with Crippen molar-refractivity contribution in [3.8, 4) is 0 Å². The molecule has 0 spiro atoms. The Balaban J connectivity index is 1.88. The molecule has 0 saturated heterocycles. The summed E-state index contributed by atoms with van der Waals surface area (Å²) in [7, 11) is 0. The van der Waals surface area contributed by atoms with Gasteiger partial charge in [-0.05, 0) is 24.6 Å². The van der Waals surface area contributed by atoms with Crippen molar-refractivity contribution in [3.05, 3.63) is 58.2 Å². The molecule has 1 aromatic heterocycles. The number of nitrogens with one attached hydrogen (secondary N) is 2. The Morgan fingerprint density at radius 2 is 2.16 bits per heavy atom. The first-order valence-corrected chi connectivity index (χ1v) is 6.65. The van der Waals surface area contributed by atoms with Gasteiger partial charge in [0.2, 0.25) is 0 Å². The van der Waals surface area contributed by atoms with Gasteiger partial charge in [-0.3, -0.25) is 5.32 Å². The number of pyridine rings is 1. The van der Waals surface area contributed by atoms with Gasteiger partial charge in [-0.15, -0.1) is 0 Å². The van der Waals surface area contributed by atoms with E-state index >= 15 is 0 Å². The number of aryl methyl sites for hydroxylation is 1.